The fraction of sp³-hybridized carbons (Fsp3) is 0.400. The number of hydrogen-bond donors (Lipinski definition) is 1. The van der Waals surface area contributed by atoms with Crippen LogP contribution in [-0.4, -0.2) is 10.6 Å². The molecule has 2 N–H and O–H groups in total. The lowest BCUT2D eigenvalue weighted by Gasteiger charge is -2.04. The van der Waals surface area contributed by atoms with E-state index in [0.29, 0.717) is 0 Å². The standard InChI is InChI=1S/C5H8N2OS/c1-4(6)8-5-2-7-9-3-5/h2-4H,6H2,1H3. The summed E-state index contributed by atoms with van der Waals surface area (Å²) < 4.78 is 8.92. The summed E-state index contributed by atoms with van der Waals surface area (Å²) in [5, 5.41) is 1.81. The van der Waals surface area contributed by atoms with E-state index in [0.717, 1.165) is 5.75 Å². The van der Waals surface area contributed by atoms with Gasteiger partial charge < -0.3 is 4.74 Å². The van der Waals surface area contributed by atoms with Gasteiger partial charge in [0.2, 0.25) is 0 Å². The molecule has 0 amide bonds. The molecule has 1 unspecified atom stereocenters. The fourth-order valence-electron chi connectivity index (χ4n) is 0.468. The summed E-state index contributed by atoms with van der Waals surface area (Å²) in [6, 6.07) is 0. The van der Waals surface area contributed by atoms with E-state index in [1.54, 1.807) is 13.1 Å². The maximum atomic E-state index is 5.34. The second-order valence-electron chi connectivity index (χ2n) is 1.68. The average molecular weight is 144 g/mol. The van der Waals surface area contributed by atoms with E-state index in [9.17, 15) is 0 Å². The molecule has 1 aromatic rings. The van der Waals surface area contributed by atoms with Crippen LogP contribution in [0.15, 0.2) is 11.6 Å². The van der Waals surface area contributed by atoms with Crippen LogP contribution in [0, 0.1) is 0 Å². The molecule has 0 aliphatic heterocycles. The summed E-state index contributed by atoms with van der Waals surface area (Å²) in [6.07, 6.45) is 1.40. The van der Waals surface area contributed by atoms with Crippen molar-refractivity contribution in [1.82, 2.24) is 4.37 Å². The van der Waals surface area contributed by atoms with Gasteiger partial charge in [0.1, 0.15) is 6.23 Å². The summed E-state index contributed by atoms with van der Waals surface area (Å²) in [6.45, 7) is 1.78. The lowest BCUT2D eigenvalue weighted by Crippen LogP contribution is -2.22. The molecule has 0 bridgehead atoms. The van der Waals surface area contributed by atoms with E-state index in [1.807, 2.05) is 5.38 Å². The predicted molar refractivity (Wildman–Crippen MR) is 36.4 cm³/mol. The molecule has 0 saturated carbocycles. The molecule has 0 spiro atoms. The van der Waals surface area contributed by atoms with Crippen molar-refractivity contribution in [2.24, 2.45) is 5.73 Å². The van der Waals surface area contributed by atoms with Crippen molar-refractivity contribution in [3.8, 4) is 5.75 Å². The van der Waals surface area contributed by atoms with Crippen molar-refractivity contribution in [3.05, 3.63) is 11.6 Å². The first-order chi connectivity index (χ1) is 4.29. The quantitative estimate of drug-likeness (QED) is 0.625. The molecule has 1 aromatic heterocycles. The third-order valence-corrected chi connectivity index (χ3v) is 1.30. The van der Waals surface area contributed by atoms with Crippen molar-refractivity contribution < 1.29 is 4.74 Å². The van der Waals surface area contributed by atoms with Crippen LogP contribution in [0.2, 0.25) is 0 Å². The van der Waals surface area contributed by atoms with Gasteiger partial charge in [-0.05, 0) is 18.5 Å². The Labute approximate surface area is 57.6 Å². The number of hydrogen-bond acceptors (Lipinski definition) is 4. The number of rotatable bonds is 2. The fourth-order valence-corrected chi connectivity index (χ4v) is 0.914. The summed E-state index contributed by atoms with van der Waals surface area (Å²) in [4.78, 5) is 0. The Kier molecular flexibility index (Phi) is 2.02. The Bertz CT molecular complexity index is 161. The van der Waals surface area contributed by atoms with E-state index in [1.165, 1.54) is 11.5 Å². The van der Waals surface area contributed by atoms with Crippen molar-refractivity contribution in [2.45, 2.75) is 13.2 Å². The molecule has 0 aliphatic rings. The summed E-state index contributed by atoms with van der Waals surface area (Å²) in [5.74, 6) is 0.745. The summed E-state index contributed by atoms with van der Waals surface area (Å²) in [7, 11) is 0. The SMILES string of the molecule is CC(N)Oc1cnsc1. The monoisotopic (exact) mass is 144 g/mol. The Morgan fingerprint density at radius 1 is 1.89 bits per heavy atom. The number of nitrogens with two attached hydrogens (primary N) is 1. The third-order valence-electron chi connectivity index (χ3n) is 0.732. The van der Waals surface area contributed by atoms with Gasteiger partial charge in [0.05, 0.1) is 11.6 Å². The van der Waals surface area contributed by atoms with Crippen LogP contribution >= 0.6 is 11.5 Å². The van der Waals surface area contributed by atoms with Gasteiger partial charge in [0.25, 0.3) is 0 Å². The first-order valence-electron chi connectivity index (χ1n) is 2.60. The van der Waals surface area contributed by atoms with E-state index >= 15 is 0 Å². The molecule has 0 aliphatic carbocycles. The molecular formula is C5H8N2OS. The lowest BCUT2D eigenvalue weighted by atomic mass is 10.6. The molecule has 1 heterocycles. The van der Waals surface area contributed by atoms with E-state index in [4.69, 9.17) is 10.5 Å². The summed E-state index contributed by atoms with van der Waals surface area (Å²) >= 11 is 1.35. The zero-order chi connectivity index (χ0) is 6.69. The van der Waals surface area contributed by atoms with Gasteiger partial charge in [-0.1, -0.05) is 0 Å². The highest BCUT2D eigenvalue weighted by atomic mass is 32.1. The van der Waals surface area contributed by atoms with Crippen LogP contribution in [0.4, 0.5) is 0 Å². The third kappa shape index (κ3) is 1.99. The van der Waals surface area contributed by atoms with E-state index in [2.05, 4.69) is 4.37 Å². The maximum Gasteiger partial charge on any atom is 0.152 e. The predicted octanol–water partition coefficient (Wildman–Crippen LogP) is 0.827. The molecular weight excluding hydrogens is 136 g/mol. The Morgan fingerprint density at radius 2 is 2.67 bits per heavy atom. The molecule has 1 rings (SSSR count). The lowest BCUT2D eigenvalue weighted by molar-refractivity contribution is 0.230. The topological polar surface area (TPSA) is 48.1 Å². The van der Waals surface area contributed by atoms with Gasteiger partial charge in [-0.25, -0.2) is 0 Å². The van der Waals surface area contributed by atoms with Gasteiger partial charge in [0.15, 0.2) is 5.75 Å². The Balaban J connectivity index is 2.48. The van der Waals surface area contributed by atoms with Crippen LogP contribution in [0.5, 0.6) is 5.75 Å². The Hall–Kier alpha value is -0.610. The zero-order valence-electron chi connectivity index (χ0n) is 5.07. The molecule has 4 heteroatoms. The van der Waals surface area contributed by atoms with Crippen LogP contribution < -0.4 is 10.5 Å². The van der Waals surface area contributed by atoms with Crippen molar-refractivity contribution in [3.63, 3.8) is 0 Å². The molecule has 50 valence electrons. The highest BCUT2D eigenvalue weighted by Gasteiger charge is 1.95. The minimum atomic E-state index is -0.249. The van der Waals surface area contributed by atoms with Gasteiger partial charge in [-0.3, -0.25) is 5.73 Å². The zero-order valence-corrected chi connectivity index (χ0v) is 5.89. The molecule has 9 heavy (non-hydrogen) atoms. The molecule has 0 radical (unpaired) electrons. The molecule has 0 saturated heterocycles. The van der Waals surface area contributed by atoms with Crippen molar-refractivity contribution in [1.29, 1.82) is 0 Å². The summed E-state index contributed by atoms with van der Waals surface area (Å²) in [5.41, 5.74) is 5.34. The van der Waals surface area contributed by atoms with E-state index < -0.39 is 0 Å². The number of nitrogens with zero attached hydrogens (tertiary/aromatic N) is 1. The van der Waals surface area contributed by atoms with Gasteiger partial charge >= 0.3 is 0 Å². The smallest absolute Gasteiger partial charge is 0.152 e. The van der Waals surface area contributed by atoms with Crippen molar-refractivity contribution in [2.75, 3.05) is 0 Å². The first-order valence-corrected chi connectivity index (χ1v) is 3.44. The normalized spacial score (nSPS) is 13.1. The molecule has 0 aromatic carbocycles. The largest absolute Gasteiger partial charge is 0.473 e. The highest BCUT2D eigenvalue weighted by molar-refractivity contribution is 7.03. The van der Waals surface area contributed by atoms with Crippen LogP contribution in [-0.2, 0) is 0 Å². The van der Waals surface area contributed by atoms with Crippen LogP contribution in [0.3, 0.4) is 0 Å². The van der Waals surface area contributed by atoms with Crippen LogP contribution in [0.1, 0.15) is 6.92 Å². The minimum Gasteiger partial charge on any atom is -0.473 e. The van der Waals surface area contributed by atoms with Gasteiger partial charge in [-0.2, -0.15) is 4.37 Å². The Morgan fingerprint density at radius 3 is 3.11 bits per heavy atom. The molecule has 3 nitrogen and oxygen atoms in total. The number of ether oxygens (including phenoxy) is 1. The van der Waals surface area contributed by atoms with Gasteiger partial charge in [-0.15, -0.1) is 0 Å². The molecule has 1 atom stereocenters. The first kappa shape index (κ1) is 6.51. The number of aromatic nitrogens is 1. The van der Waals surface area contributed by atoms with Crippen LogP contribution in [0.25, 0.3) is 0 Å². The van der Waals surface area contributed by atoms with E-state index in [-0.39, 0.29) is 6.23 Å². The maximum absolute atomic E-state index is 5.34. The highest BCUT2D eigenvalue weighted by Crippen LogP contribution is 2.11. The second kappa shape index (κ2) is 2.80. The minimum absolute atomic E-state index is 0.249. The average Bonchev–Trinajstić information content (AvgIpc) is 2.15. The second-order valence-corrected chi connectivity index (χ2v) is 2.34. The van der Waals surface area contributed by atoms with Crippen molar-refractivity contribution >= 4 is 11.5 Å². The van der Waals surface area contributed by atoms with Gasteiger partial charge in [0, 0.05) is 0 Å². The molecule has 0 fully saturated rings.